The number of benzene rings is 2. The summed E-state index contributed by atoms with van der Waals surface area (Å²) in [5.74, 6) is 1.33. The first-order valence-electron chi connectivity index (χ1n) is 6.27. The third-order valence-electron chi connectivity index (χ3n) is 3.05. The number of hydrogen-bond acceptors (Lipinski definition) is 5. The largest absolute Gasteiger partial charge is 0.455 e. The zero-order chi connectivity index (χ0) is 13.9. The smallest absolute Gasteiger partial charge is 0.152 e. The second-order valence-electron chi connectivity index (χ2n) is 4.40. The van der Waals surface area contributed by atoms with Crippen molar-refractivity contribution in [2.45, 2.75) is 6.42 Å². The van der Waals surface area contributed by atoms with Crippen LogP contribution in [0.15, 0.2) is 41.9 Å². The molecule has 4 nitrogen and oxygen atoms in total. The molecule has 0 aliphatic carbocycles. The second kappa shape index (κ2) is 5.48. The minimum absolute atomic E-state index is 0.146. The van der Waals surface area contributed by atoms with Crippen LogP contribution >= 0.6 is 11.3 Å². The van der Waals surface area contributed by atoms with Gasteiger partial charge in [0.1, 0.15) is 17.0 Å². The van der Waals surface area contributed by atoms with Gasteiger partial charge in [-0.25, -0.2) is 4.98 Å². The molecule has 102 valence electrons. The molecule has 0 unspecified atom stereocenters. The van der Waals surface area contributed by atoms with Gasteiger partial charge in [-0.1, -0.05) is 12.1 Å². The van der Waals surface area contributed by atoms with Crippen LogP contribution in [0.1, 0.15) is 5.56 Å². The van der Waals surface area contributed by atoms with E-state index in [0.717, 1.165) is 15.8 Å². The van der Waals surface area contributed by atoms with E-state index in [0.29, 0.717) is 23.6 Å². The molecule has 0 saturated carbocycles. The van der Waals surface area contributed by atoms with Crippen molar-refractivity contribution in [1.82, 2.24) is 4.98 Å². The Morgan fingerprint density at radius 2 is 1.95 bits per heavy atom. The van der Waals surface area contributed by atoms with Gasteiger partial charge in [-0.2, -0.15) is 0 Å². The molecule has 0 amide bonds. The molecule has 0 saturated heterocycles. The molecule has 3 rings (SSSR count). The van der Waals surface area contributed by atoms with E-state index in [4.69, 9.17) is 15.6 Å². The Balaban J connectivity index is 1.86. The number of nitrogens with two attached hydrogens (primary N) is 1. The van der Waals surface area contributed by atoms with Crippen LogP contribution in [-0.4, -0.2) is 16.7 Å². The minimum Gasteiger partial charge on any atom is -0.455 e. The summed E-state index contributed by atoms with van der Waals surface area (Å²) in [6, 6.07) is 11.4. The van der Waals surface area contributed by atoms with Gasteiger partial charge in [-0.05, 0) is 36.2 Å². The number of nitrogens with zero attached hydrogens (tertiary/aromatic N) is 1. The molecule has 20 heavy (non-hydrogen) atoms. The van der Waals surface area contributed by atoms with Crippen LogP contribution in [-0.2, 0) is 6.42 Å². The molecule has 1 aromatic heterocycles. The first-order chi connectivity index (χ1) is 9.78. The van der Waals surface area contributed by atoms with Crippen molar-refractivity contribution in [2.24, 2.45) is 0 Å². The number of hydrogen-bond donors (Lipinski definition) is 2. The van der Waals surface area contributed by atoms with Gasteiger partial charge in [0.05, 0.1) is 10.2 Å². The van der Waals surface area contributed by atoms with Crippen molar-refractivity contribution in [3.8, 4) is 11.5 Å². The Hall–Kier alpha value is -2.11. The van der Waals surface area contributed by atoms with Gasteiger partial charge in [0.2, 0.25) is 0 Å². The van der Waals surface area contributed by atoms with Gasteiger partial charge < -0.3 is 15.6 Å². The number of fused-ring (bicyclic) bond motifs is 1. The van der Waals surface area contributed by atoms with E-state index in [1.807, 2.05) is 36.4 Å². The Morgan fingerprint density at radius 1 is 1.15 bits per heavy atom. The highest BCUT2D eigenvalue weighted by Crippen LogP contribution is 2.34. The van der Waals surface area contributed by atoms with Gasteiger partial charge in [0.15, 0.2) is 5.75 Å². The van der Waals surface area contributed by atoms with Gasteiger partial charge in [-0.3, -0.25) is 0 Å². The summed E-state index contributed by atoms with van der Waals surface area (Å²) in [6.45, 7) is 0.146. The number of aromatic nitrogens is 1. The fourth-order valence-corrected chi connectivity index (χ4v) is 2.70. The van der Waals surface area contributed by atoms with Crippen molar-refractivity contribution < 1.29 is 9.84 Å². The van der Waals surface area contributed by atoms with Crippen LogP contribution in [0.3, 0.4) is 0 Å². The minimum atomic E-state index is 0.146. The van der Waals surface area contributed by atoms with Crippen LogP contribution in [0.4, 0.5) is 5.69 Å². The lowest BCUT2D eigenvalue weighted by Crippen LogP contribution is -1.94. The van der Waals surface area contributed by atoms with Crippen LogP contribution in [0.5, 0.6) is 11.5 Å². The summed E-state index contributed by atoms with van der Waals surface area (Å²) in [6.07, 6.45) is 0.646. The van der Waals surface area contributed by atoms with Gasteiger partial charge in [-0.15, -0.1) is 11.3 Å². The Labute approximate surface area is 120 Å². The summed E-state index contributed by atoms with van der Waals surface area (Å²) in [5, 5.41) is 8.89. The quantitative estimate of drug-likeness (QED) is 0.723. The number of aliphatic hydroxyl groups is 1. The summed E-state index contributed by atoms with van der Waals surface area (Å²) >= 11 is 1.55. The standard InChI is InChI=1S/C15H14N2O2S/c16-14-12(5-6-13-15(14)17-9-20-13)19-11-3-1-10(2-4-11)7-8-18/h1-6,9,18H,7-8,16H2. The van der Waals surface area contributed by atoms with Crippen molar-refractivity contribution in [1.29, 1.82) is 0 Å². The van der Waals surface area contributed by atoms with Crippen molar-refractivity contribution in [3.05, 3.63) is 47.5 Å². The van der Waals surface area contributed by atoms with Crippen LogP contribution in [0, 0.1) is 0 Å². The Morgan fingerprint density at radius 3 is 2.70 bits per heavy atom. The summed E-state index contributed by atoms with van der Waals surface area (Å²) in [5.41, 5.74) is 10.3. The molecular weight excluding hydrogens is 272 g/mol. The van der Waals surface area contributed by atoms with E-state index in [9.17, 15) is 0 Å². The third-order valence-corrected chi connectivity index (χ3v) is 3.85. The topological polar surface area (TPSA) is 68.4 Å². The van der Waals surface area contributed by atoms with E-state index in [1.54, 1.807) is 16.8 Å². The average molecular weight is 286 g/mol. The highest BCUT2D eigenvalue weighted by molar-refractivity contribution is 7.16. The molecule has 0 atom stereocenters. The highest BCUT2D eigenvalue weighted by Gasteiger charge is 2.08. The van der Waals surface area contributed by atoms with Gasteiger partial charge in [0, 0.05) is 6.61 Å². The fraction of sp³-hybridized carbons (Fsp3) is 0.133. The van der Waals surface area contributed by atoms with Crippen molar-refractivity contribution in [3.63, 3.8) is 0 Å². The first-order valence-corrected chi connectivity index (χ1v) is 7.15. The lowest BCUT2D eigenvalue weighted by molar-refractivity contribution is 0.299. The maximum atomic E-state index is 8.89. The molecule has 0 bridgehead atoms. The lowest BCUT2D eigenvalue weighted by atomic mass is 10.1. The van der Waals surface area contributed by atoms with Gasteiger partial charge >= 0.3 is 0 Å². The fourth-order valence-electron chi connectivity index (χ4n) is 2.00. The molecule has 0 aliphatic rings. The predicted molar refractivity (Wildman–Crippen MR) is 81.3 cm³/mol. The number of thiazole rings is 1. The number of anilines is 1. The van der Waals surface area contributed by atoms with Crippen molar-refractivity contribution in [2.75, 3.05) is 12.3 Å². The Bertz CT molecular complexity index is 722. The normalized spacial score (nSPS) is 10.8. The van der Waals surface area contributed by atoms with E-state index in [2.05, 4.69) is 4.98 Å². The molecule has 0 spiro atoms. The molecule has 3 N–H and O–H groups in total. The zero-order valence-corrected chi connectivity index (χ0v) is 11.6. The molecule has 2 aromatic carbocycles. The molecular formula is C15H14N2O2S. The average Bonchev–Trinajstić information content (AvgIpc) is 2.94. The molecule has 0 radical (unpaired) electrons. The van der Waals surface area contributed by atoms with E-state index >= 15 is 0 Å². The molecule has 1 heterocycles. The highest BCUT2D eigenvalue weighted by atomic mass is 32.1. The summed E-state index contributed by atoms with van der Waals surface area (Å²) < 4.78 is 6.85. The zero-order valence-electron chi connectivity index (χ0n) is 10.7. The second-order valence-corrected chi connectivity index (χ2v) is 5.28. The van der Waals surface area contributed by atoms with Gasteiger partial charge in [0.25, 0.3) is 0 Å². The van der Waals surface area contributed by atoms with Crippen molar-refractivity contribution >= 4 is 27.2 Å². The van der Waals surface area contributed by atoms with Crippen LogP contribution in [0.2, 0.25) is 0 Å². The lowest BCUT2D eigenvalue weighted by Gasteiger charge is -2.09. The van der Waals surface area contributed by atoms with E-state index in [-0.39, 0.29) is 6.61 Å². The summed E-state index contributed by atoms with van der Waals surface area (Å²) in [4.78, 5) is 4.24. The van der Waals surface area contributed by atoms with E-state index in [1.165, 1.54) is 0 Å². The summed E-state index contributed by atoms with van der Waals surface area (Å²) in [7, 11) is 0. The first kappa shape index (κ1) is 12.9. The monoisotopic (exact) mass is 286 g/mol. The number of aliphatic hydroxyl groups excluding tert-OH is 1. The third kappa shape index (κ3) is 2.45. The molecule has 5 heteroatoms. The predicted octanol–water partition coefficient (Wildman–Crippen LogP) is 3.21. The SMILES string of the molecule is Nc1c(Oc2ccc(CCO)cc2)ccc2scnc12. The molecule has 0 aliphatic heterocycles. The number of ether oxygens (including phenoxy) is 1. The Kier molecular flexibility index (Phi) is 3.54. The van der Waals surface area contributed by atoms with Crippen LogP contribution in [0.25, 0.3) is 10.2 Å². The number of rotatable bonds is 4. The van der Waals surface area contributed by atoms with E-state index < -0.39 is 0 Å². The number of nitrogen functional groups attached to an aromatic ring is 1. The van der Waals surface area contributed by atoms with Crippen LogP contribution < -0.4 is 10.5 Å². The molecule has 3 aromatic rings. The maximum Gasteiger partial charge on any atom is 0.152 e. The maximum absolute atomic E-state index is 8.89. The molecule has 0 fully saturated rings.